The van der Waals surface area contributed by atoms with E-state index in [9.17, 15) is 9.59 Å². The van der Waals surface area contributed by atoms with Crippen molar-refractivity contribution in [1.29, 1.82) is 0 Å². The quantitative estimate of drug-likeness (QED) is 0.741. The molecule has 0 spiro atoms. The third-order valence-electron chi connectivity index (χ3n) is 4.00. The van der Waals surface area contributed by atoms with Crippen LogP contribution in [0.1, 0.15) is 38.5 Å². The molecule has 2 amide bonds. The first-order valence-corrected chi connectivity index (χ1v) is 7.34. The van der Waals surface area contributed by atoms with E-state index >= 15 is 0 Å². The van der Waals surface area contributed by atoms with E-state index in [1.54, 1.807) is 0 Å². The van der Waals surface area contributed by atoms with Crippen molar-refractivity contribution in [3.8, 4) is 11.8 Å². The van der Waals surface area contributed by atoms with Gasteiger partial charge < -0.3 is 15.8 Å². The molecule has 3 atom stereocenters. The highest BCUT2D eigenvalue weighted by molar-refractivity contribution is 5.82. The zero-order valence-corrected chi connectivity index (χ0v) is 11.7. The van der Waals surface area contributed by atoms with E-state index in [1.807, 2.05) is 0 Å². The van der Waals surface area contributed by atoms with Crippen LogP contribution in [0.2, 0.25) is 0 Å². The first-order chi connectivity index (χ1) is 9.66. The van der Waals surface area contributed by atoms with E-state index in [0.717, 1.165) is 38.7 Å². The van der Waals surface area contributed by atoms with Gasteiger partial charge in [-0.25, -0.2) is 0 Å². The lowest BCUT2D eigenvalue weighted by Gasteiger charge is -2.17. The molecule has 0 aromatic carbocycles. The van der Waals surface area contributed by atoms with Crippen LogP contribution in [-0.2, 0) is 14.3 Å². The Labute approximate surface area is 119 Å². The van der Waals surface area contributed by atoms with Crippen LogP contribution in [0.25, 0.3) is 0 Å². The molecule has 1 heterocycles. The molecular weight excluding hydrogens is 256 g/mol. The maximum Gasteiger partial charge on any atom is 0.223 e. The molecule has 2 aliphatic rings. The molecule has 1 unspecified atom stereocenters. The molecule has 1 aliphatic heterocycles. The fraction of sp³-hybridized carbons (Fsp3) is 0.733. The minimum absolute atomic E-state index is 0.0198. The number of carbonyl (C=O) groups is 2. The number of nitrogens with two attached hydrogens (primary N) is 1. The Bertz CT molecular complexity index is 419. The van der Waals surface area contributed by atoms with Gasteiger partial charge in [-0.15, -0.1) is 0 Å². The standard InChI is InChI=1S/C15H22N2O3/c16-14(18)11-6-7-12(10-11)15(19)17-8-3-5-13-4-1-2-9-20-13/h11-13H,1-2,4,6-10H2,(H2,16,18)(H,17,19)/t11-,12+,13?/m1/s1. The number of rotatable bonds is 3. The lowest BCUT2D eigenvalue weighted by molar-refractivity contribution is -0.125. The Kier molecular flexibility index (Phi) is 5.42. The number of amides is 2. The fourth-order valence-corrected chi connectivity index (χ4v) is 2.77. The second-order valence-corrected chi connectivity index (χ2v) is 5.50. The fourth-order valence-electron chi connectivity index (χ4n) is 2.77. The van der Waals surface area contributed by atoms with Gasteiger partial charge in [-0.3, -0.25) is 9.59 Å². The summed E-state index contributed by atoms with van der Waals surface area (Å²) in [5.41, 5.74) is 5.26. The summed E-state index contributed by atoms with van der Waals surface area (Å²) in [6.45, 7) is 1.12. The molecule has 1 saturated heterocycles. The van der Waals surface area contributed by atoms with E-state index in [4.69, 9.17) is 10.5 Å². The van der Waals surface area contributed by atoms with Crippen molar-refractivity contribution in [1.82, 2.24) is 5.32 Å². The maximum absolute atomic E-state index is 11.9. The summed E-state index contributed by atoms with van der Waals surface area (Å²) in [4.78, 5) is 23.0. The number of nitrogens with one attached hydrogen (secondary N) is 1. The third kappa shape index (κ3) is 4.24. The number of ether oxygens (including phenoxy) is 1. The second-order valence-electron chi connectivity index (χ2n) is 5.50. The lowest BCUT2D eigenvalue weighted by Crippen LogP contribution is -2.30. The summed E-state index contributed by atoms with van der Waals surface area (Å²) >= 11 is 0. The van der Waals surface area contributed by atoms with Crippen molar-refractivity contribution in [3.05, 3.63) is 0 Å². The van der Waals surface area contributed by atoms with Crippen molar-refractivity contribution in [3.63, 3.8) is 0 Å². The third-order valence-corrected chi connectivity index (χ3v) is 4.00. The van der Waals surface area contributed by atoms with Crippen molar-refractivity contribution >= 4 is 11.8 Å². The summed E-state index contributed by atoms with van der Waals surface area (Å²) < 4.78 is 5.49. The zero-order valence-electron chi connectivity index (χ0n) is 11.7. The predicted octanol–water partition coefficient (Wildman–Crippen LogP) is 0.577. The van der Waals surface area contributed by atoms with E-state index in [2.05, 4.69) is 17.2 Å². The van der Waals surface area contributed by atoms with E-state index < -0.39 is 0 Å². The predicted molar refractivity (Wildman–Crippen MR) is 74.4 cm³/mol. The van der Waals surface area contributed by atoms with Crippen molar-refractivity contribution < 1.29 is 14.3 Å². The van der Waals surface area contributed by atoms with Crippen LogP contribution in [0, 0.1) is 23.7 Å². The van der Waals surface area contributed by atoms with Crippen LogP contribution in [0.4, 0.5) is 0 Å². The SMILES string of the molecule is NC(=O)[C@@H]1CC[C@H](C(=O)NCC#CC2CCCCO2)C1. The second kappa shape index (κ2) is 7.30. The molecule has 110 valence electrons. The number of carbonyl (C=O) groups excluding carboxylic acids is 2. The highest BCUT2D eigenvalue weighted by atomic mass is 16.5. The van der Waals surface area contributed by atoms with Gasteiger partial charge in [0.05, 0.1) is 6.54 Å². The number of hydrogen-bond acceptors (Lipinski definition) is 3. The Morgan fingerprint density at radius 3 is 2.65 bits per heavy atom. The molecule has 2 fully saturated rings. The zero-order chi connectivity index (χ0) is 14.4. The van der Waals surface area contributed by atoms with Gasteiger partial charge in [-0.05, 0) is 38.5 Å². The van der Waals surface area contributed by atoms with Gasteiger partial charge in [0.2, 0.25) is 11.8 Å². The minimum atomic E-state index is -0.297. The topological polar surface area (TPSA) is 81.4 Å². The first kappa shape index (κ1) is 14.9. The largest absolute Gasteiger partial charge is 0.369 e. The van der Waals surface area contributed by atoms with Gasteiger partial charge in [-0.2, -0.15) is 0 Å². The van der Waals surface area contributed by atoms with E-state index in [-0.39, 0.29) is 29.8 Å². The molecule has 0 aromatic heterocycles. The molecule has 2 rings (SSSR count). The van der Waals surface area contributed by atoms with Gasteiger partial charge in [0.1, 0.15) is 6.10 Å². The summed E-state index contributed by atoms with van der Waals surface area (Å²) in [6.07, 6.45) is 5.28. The van der Waals surface area contributed by atoms with E-state index in [0.29, 0.717) is 13.0 Å². The smallest absolute Gasteiger partial charge is 0.223 e. The van der Waals surface area contributed by atoms with Crippen LogP contribution in [0.5, 0.6) is 0 Å². The van der Waals surface area contributed by atoms with Gasteiger partial charge in [0.25, 0.3) is 0 Å². The Morgan fingerprint density at radius 1 is 1.20 bits per heavy atom. The molecule has 3 N–H and O–H groups in total. The van der Waals surface area contributed by atoms with Crippen molar-refractivity contribution in [2.45, 2.75) is 44.6 Å². The summed E-state index contributed by atoms with van der Waals surface area (Å²) in [5.74, 6) is 5.42. The van der Waals surface area contributed by atoms with Crippen LogP contribution in [0.3, 0.4) is 0 Å². The normalized spacial score (nSPS) is 29.3. The monoisotopic (exact) mass is 278 g/mol. The Morgan fingerprint density at radius 2 is 2.00 bits per heavy atom. The van der Waals surface area contributed by atoms with Crippen LogP contribution in [-0.4, -0.2) is 31.1 Å². The minimum Gasteiger partial charge on any atom is -0.369 e. The molecular formula is C15H22N2O3. The van der Waals surface area contributed by atoms with E-state index in [1.165, 1.54) is 0 Å². The lowest BCUT2D eigenvalue weighted by atomic mass is 10.0. The van der Waals surface area contributed by atoms with Crippen molar-refractivity contribution in [2.75, 3.05) is 13.2 Å². The molecule has 0 radical (unpaired) electrons. The molecule has 0 bridgehead atoms. The molecule has 5 heteroatoms. The Hall–Kier alpha value is -1.54. The van der Waals surface area contributed by atoms with Crippen LogP contribution >= 0.6 is 0 Å². The highest BCUT2D eigenvalue weighted by Gasteiger charge is 2.32. The van der Waals surface area contributed by atoms with Crippen LogP contribution in [0.15, 0.2) is 0 Å². The molecule has 20 heavy (non-hydrogen) atoms. The summed E-state index contributed by atoms with van der Waals surface area (Å²) in [6, 6.07) is 0. The Balaban J connectivity index is 1.68. The number of primary amides is 1. The average Bonchev–Trinajstić information content (AvgIpc) is 2.94. The van der Waals surface area contributed by atoms with Gasteiger partial charge in [0, 0.05) is 18.4 Å². The molecule has 5 nitrogen and oxygen atoms in total. The molecule has 1 saturated carbocycles. The maximum atomic E-state index is 11.9. The number of hydrogen-bond donors (Lipinski definition) is 2. The summed E-state index contributed by atoms with van der Waals surface area (Å²) in [5, 5.41) is 2.80. The average molecular weight is 278 g/mol. The molecule has 0 aromatic rings. The van der Waals surface area contributed by atoms with Gasteiger partial charge in [0.15, 0.2) is 0 Å². The van der Waals surface area contributed by atoms with Crippen molar-refractivity contribution in [2.24, 2.45) is 17.6 Å². The highest BCUT2D eigenvalue weighted by Crippen LogP contribution is 2.30. The summed E-state index contributed by atoms with van der Waals surface area (Å²) in [7, 11) is 0. The van der Waals surface area contributed by atoms with Gasteiger partial charge >= 0.3 is 0 Å². The first-order valence-electron chi connectivity index (χ1n) is 7.34. The van der Waals surface area contributed by atoms with Gasteiger partial charge in [-0.1, -0.05) is 11.8 Å². The van der Waals surface area contributed by atoms with Crippen LogP contribution < -0.4 is 11.1 Å². The molecule has 1 aliphatic carbocycles.